The van der Waals surface area contributed by atoms with Crippen LogP contribution in [-0.4, -0.2) is 20.3 Å². The Morgan fingerprint density at radius 1 is 0.893 bits per heavy atom. The number of anilines is 1. The van der Waals surface area contributed by atoms with E-state index in [1.165, 1.54) is 0 Å². The Labute approximate surface area is 168 Å². The van der Waals surface area contributed by atoms with Crippen LogP contribution in [0.4, 0.5) is 5.69 Å². The Balaban J connectivity index is 2.35. The second kappa shape index (κ2) is 11.9. The Morgan fingerprint density at radius 2 is 1.46 bits per heavy atom. The van der Waals surface area contributed by atoms with Crippen LogP contribution in [0.25, 0.3) is 0 Å². The summed E-state index contributed by atoms with van der Waals surface area (Å²) in [7, 11) is -1.83. The van der Waals surface area contributed by atoms with Gasteiger partial charge in [0, 0.05) is 5.69 Å². The number of hydrogen-bond donors (Lipinski definition) is 1. The lowest BCUT2D eigenvalue weighted by molar-refractivity contribution is 0.194. The standard InChI is InChI=1S/C22H32NO4P/c1-4-6-17-26-28(24,27-18-7-5-2)22(23-20-11-9-8-10-12-20)19-13-15-21(25-3)16-14-19/h8-16,22-23H,4-7,17-18H2,1-3H3/t22-/m0/s1. The van der Waals surface area contributed by atoms with Crippen molar-refractivity contribution in [2.45, 2.75) is 45.3 Å². The van der Waals surface area contributed by atoms with Crippen molar-refractivity contribution in [3.05, 3.63) is 60.2 Å². The second-order valence-electron chi connectivity index (χ2n) is 6.60. The summed E-state index contributed by atoms with van der Waals surface area (Å²) in [6, 6.07) is 17.2. The van der Waals surface area contributed by atoms with E-state index in [0.717, 1.165) is 42.7 Å². The molecule has 0 bridgehead atoms. The molecule has 2 aromatic carbocycles. The third kappa shape index (κ3) is 6.66. The monoisotopic (exact) mass is 405 g/mol. The Morgan fingerprint density at radius 3 is 1.96 bits per heavy atom. The molecule has 2 rings (SSSR count). The highest BCUT2D eigenvalue weighted by atomic mass is 31.2. The predicted molar refractivity (Wildman–Crippen MR) is 115 cm³/mol. The molecule has 0 amide bonds. The Kier molecular flexibility index (Phi) is 9.56. The summed E-state index contributed by atoms with van der Waals surface area (Å²) in [6.07, 6.45) is 3.60. The maximum atomic E-state index is 13.9. The number of rotatable bonds is 13. The van der Waals surface area contributed by atoms with Crippen LogP contribution in [0.1, 0.15) is 50.9 Å². The number of para-hydroxylation sites is 1. The third-order valence-corrected chi connectivity index (χ3v) is 6.51. The van der Waals surface area contributed by atoms with Gasteiger partial charge in [0.05, 0.1) is 20.3 Å². The third-order valence-electron chi connectivity index (χ3n) is 4.36. The lowest BCUT2D eigenvalue weighted by Gasteiger charge is -2.29. The topological polar surface area (TPSA) is 56.8 Å². The van der Waals surface area contributed by atoms with Crippen LogP contribution in [0, 0.1) is 0 Å². The lowest BCUT2D eigenvalue weighted by atomic mass is 10.2. The van der Waals surface area contributed by atoms with Gasteiger partial charge in [0.25, 0.3) is 0 Å². The molecule has 0 aliphatic heterocycles. The highest BCUT2D eigenvalue weighted by molar-refractivity contribution is 7.54. The Hall–Kier alpha value is -1.81. The van der Waals surface area contributed by atoms with Crippen LogP contribution in [0.3, 0.4) is 0 Å². The van der Waals surface area contributed by atoms with Crippen LogP contribution in [0.15, 0.2) is 54.6 Å². The molecule has 0 fully saturated rings. The molecule has 5 nitrogen and oxygen atoms in total. The van der Waals surface area contributed by atoms with Crippen LogP contribution in [0.5, 0.6) is 5.75 Å². The highest BCUT2D eigenvalue weighted by Crippen LogP contribution is 2.61. The van der Waals surface area contributed by atoms with Crippen LogP contribution < -0.4 is 10.1 Å². The zero-order valence-electron chi connectivity index (χ0n) is 17.1. The molecular weight excluding hydrogens is 373 g/mol. The van der Waals surface area contributed by atoms with Crippen molar-refractivity contribution in [2.75, 3.05) is 25.6 Å². The van der Waals surface area contributed by atoms with E-state index in [0.29, 0.717) is 13.2 Å². The first-order valence-electron chi connectivity index (χ1n) is 9.97. The maximum Gasteiger partial charge on any atom is 0.357 e. The molecule has 2 aromatic rings. The fraction of sp³-hybridized carbons (Fsp3) is 0.455. The highest BCUT2D eigenvalue weighted by Gasteiger charge is 2.37. The number of ether oxygens (including phenoxy) is 1. The first-order valence-corrected chi connectivity index (χ1v) is 11.6. The lowest BCUT2D eigenvalue weighted by Crippen LogP contribution is -2.16. The van der Waals surface area contributed by atoms with Gasteiger partial charge in [0.15, 0.2) is 5.78 Å². The van der Waals surface area contributed by atoms with Crippen molar-refractivity contribution in [3.8, 4) is 5.75 Å². The zero-order valence-corrected chi connectivity index (χ0v) is 18.0. The molecule has 0 spiro atoms. The van der Waals surface area contributed by atoms with Crippen LogP contribution in [-0.2, 0) is 13.6 Å². The predicted octanol–water partition coefficient (Wildman–Crippen LogP) is 6.63. The molecule has 154 valence electrons. The number of benzene rings is 2. The van der Waals surface area contributed by atoms with Gasteiger partial charge in [-0.1, -0.05) is 57.0 Å². The normalized spacial score (nSPS) is 12.5. The van der Waals surface area contributed by atoms with Crippen molar-refractivity contribution in [1.82, 2.24) is 0 Å². The van der Waals surface area contributed by atoms with Gasteiger partial charge >= 0.3 is 7.60 Å². The molecule has 0 saturated carbocycles. The minimum Gasteiger partial charge on any atom is -0.497 e. The van der Waals surface area contributed by atoms with Gasteiger partial charge < -0.3 is 19.1 Å². The van der Waals surface area contributed by atoms with Crippen molar-refractivity contribution in [2.24, 2.45) is 0 Å². The molecule has 0 aromatic heterocycles. The smallest absolute Gasteiger partial charge is 0.357 e. The summed E-state index contributed by atoms with van der Waals surface area (Å²) >= 11 is 0. The van der Waals surface area contributed by atoms with Gasteiger partial charge in [0.2, 0.25) is 0 Å². The van der Waals surface area contributed by atoms with Gasteiger partial charge in [-0.3, -0.25) is 4.57 Å². The molecule has 0 saturated heterocycles. The van der Waals surface area contributed by atoms with E-state index in [1.54, 1.807) is 7.11 Å². The molecule has 28 heavy (non-hydrogen) atoms. The summed E-state index contributed by atoms with van der Waals surface area (Å²) in [5.74, 6) is 0.144. The number of hydrogen-bond acceptors (Lipinski definition) is 5. The first-order chi connectivity index (χ1) is 13.6. The summed E-state index contributed by atoms with van der Waals surface area (Å²) in [6.45, 7) is 4.97. The van der Waals surface area contributed by atoms with E-state index >= 15 is 0 Å². The molecule has 0 unspecified atom stereocenters. The number of methoxy groups -OCH3 is 1. The molecular formula is C22H32NO4P. The SMILES string of the molecule is CCCCOP(=O)(OCCCC)[C@H](Nc1ccccc1)c1ccc(OC)cc1. The van der Waals surface area contributed by atoms with E-state index < -0.39 is 13.4 Å². The average molecular weight is 405 g/mol. The molecule has 0 radical (unpaired) electrons. The van der Waals surface area contributed by atoms with Crippen molar-refractivity contribution >= 4 is 13.3 Å². The van der Waals surface area contributed by atoms with Gasteiger partial charge in [0.1, 0.15) is 5.75 Å². The molecule has 1 atom stereocenters. The van der Waals surface area contributed by atoms with Gasteiger partial charge in [-0.25, -0.2) is 0 Å². The minimum atomic E-state index is -3.45. The van der Waals surface area contributed by atoms with Crippen molar-refractivity contribution in [1.29, 1.82) is 0 Å². The zero-order chi connectivity index (χ0) is 20.2. The van der Waals surface area contributed by atoms with E-state index in [2.05, 4.69) is 19.2 Å². The quantitative estimate of drug-likeness (QED) is 0.299. The second-order valence-corrected chi connectivity index (χ2v) is 8.71. The largest absolute Gasteiger partial charge is 0.497 e. The average Bonchev–Trinajstić information content (AvgIpc) is 2.73. The molecule has 0 heterocycles. The summed E-state index contributed by atoms with van der Waals surface area (Å²) in [5, 5.41) is 3.37. The van der Waals surface area contributed by atoms with E-state index in [9.17, 15) is 4.57 Å². The molecule has 6 heteroatoms. The van der Waals surface area contributed by atoms with Gasteiger partial charge in [-0.15, -0.1) is 0 Å². The van der Waals surface area contributed by atoms with Crippen molar-refractivity contribution < 1.29 is 18.3 Å². The van der Waals surface area contributed by atoms with Crippen LogP contribution in [0.2, 0.25) is 0 Å². The maximum absolute atomic E-state index is 13.9. The Bertz CT molecular complexity index is 707. The number of unbranched alkanes of at least 4 members (excludes halogenated alkanes) is 2. The number of nitrogens with one attached hydrogen (secondary N) is 1. The molecule has 1 N–H and O–H groups in total. The molecule has 0 aliphatic carbocycles. The van der Waals surface area contributed by atoms with Crippen LogP contribution >= 0.6 is 7.60 Å². The van der Waals surface area contributed by atoms with E-state index in [4.69, 9.17) is 13.8 Å². The fourth-order valence-electron chi connectivity index (χ4n) is 2.68. The summed E-state index contributed by atoms with van der Waals surface area (Å²) in [5.41, 5.74) is 1.70. The summed E-state index contributed by atoms with van der Waals surface area (Å²) in [4.78, 5) is 0. The summed E-state index contributed by atoms with van der Waals surface area (Å²) < 4.78 is 30.9. The van der Waals surface area contributed by atoms with Crippen molar-refractivity contribution in [3.63, 3.8) is 0 Å². The van der Waals surface area contributed by atoms with E-state index in [1.807, 2.05) is 54.6 Å². The van der Waals surface area contributed by atoms with Gasteiger partial charge in [-0.05, 0) is 42.7 Å². The minimum absolute atomic E-state index is 0.406. The fourth-order valence-corrected chi connectivity index (χ4v) is 4.67. The first kappa shape index (κ1) is 22.5. The van der Waals surface area contributed by atoms with E-state index in [-0.39, 0.29) is 0 Å². The van der Waals surface area contributed by atoms with Gasteiger partial charge in [-0.2, -0.15) is 0 Å². The molecule has 0 aliphatic rings.